The van der Waals surface area contributed by atoms with Crippen molar-refractivity contribution in [1.82, 2.24) is 9.97 Å². The van der Waals surface area contributed by atoms with Crippen LogP contribution in [-0.2, 0) is 5.54 Å². The lowest BCUT2D eigenvalue weighted by Crippen LogP contribution is -2.34. The predicted octanol–water partition coefficient (Wildman–Crippen LogP) is 3.84. The summed E-state index contributed by atoms with van der Waals surface area (Å²) in [7, 11) is 0. The fourth-order valence-corrected chi connectivity index (χ4v) is 2.24. The maximum Gasteiger partial charge on any atom is 0.141 e. The van der Waals surface area contributed by atoms with Crippen LogP contribution in [0.4, 0.5) is 4.39 Å². The van der Waals surface area contributed by atoms with E-state index in [2.05, 4.69) is 16.9 Å². The summed E-state index contributed by atoms with van der Waals surface area (Å²) < 4.78 is 13.1. The predicted molar refractivity (Wildman–Crippen MR) is 75.4 cm³/mol. The SMILES string of the molecule is CCCC(C)(N)c1ncc(-c2ccc(F)c(Cl)c2)[nH]1. The molecule has 19 heavy (non-hydrogen) atoms. The van der Waals surface area contributed by atoms with E-state index in [9.17, 15) is 4.39 Å². The minimum atomic E-state index is -0.489. The molecule has 0 fully saturated rings. The van der Waals surface area contributed by atoms with E-state index >= 15 is 0 Å². The second-order valence-electron chi connectivity index (χ2n) is 4.94. The van der Waals surface area contributed by atoms with Gasteiger partial charge in [0.25, 0.3) is 0 Å². The molecule has 5 heteroatoms. The Morgan fingerprint density at radius 1 is 1.47 bits per heavy atom. The molecule has 0 aliphatic carbocycles. The Morgan fingerprint density at radius 3 is 2.84 bits per heavy atom. The number of halogens is 2. The number of aromatic nitrogens is 2. The quantitative estimate of drug-likeness (QED) is 0.894. The zero-order valence-electron chi connectivity index (χ0n) is 11.0. The highest BCUT2D eigenvalue weighted by atomic mass is 35.5. The molecule has 0 aliphatic heterocycles. The highest BCUT2D eigenvalue weighted by Gasteiger charge is 2.23. The topological polar surface area (TPSA) is 54.7 Å². The molecule has 0 bridgehead atoms. The summed E-state index contributed by atoms with van der Waals surface area (Å²) in [4.78, 5) is 7.50. The molecule has 0 saturated heterocycles. The van der Waals surface area contributed by atoms with Crippen molar-refractivity contribution < 1.29 is 4.39 Å². The number of benzene rings is 1. The number of nitrogens with one attached hydrogen (secondary N) is 1. The van der Waals surface area contributed by atoms with E-state index in [-0.39, 0.29) is 5.02 Å². The third-order valence-corrected chi connectivity index (χ3v) is 3.41. The first-order valence-corrected chi connectivity index (χ1v) is 6.61. The first kappa shape index (κ1) is 14.0. The molecule has 1 atom stereocenters. The van der Waals surface area contributed by atoms with Crippen molar-refractivity contribution in [2.75, 3.05) is 0 Å². The molecule has 102 valence electrons. The van der Waals surface area contributed by atoms with Gasteiger partial charge in [-0.05, 0) is 31.5 Å². The van der Waals surface area contributed by atoms with E-state index in [1.807, 2.05) is 6.92 Å². The van der Waals surface area contributed by atoms with E-state index in [0.29, 0.717) is 0 Å². The molecule has 3 N–H and O–H groups in total. The zero-order chi connectivity index (χ0) is 14.0. The maximum absolute atomic E-state index is 13.1. The van der Waals surface area contributed by atoms with Gasteiger partial charge in [-0.15, -0.1) is 0 Å². The van der Waals surface area contributed by atoms with Crippen LogP contribution in [0, 0.1) is 5.82 Å². The van der Waals surface area contributed by atoms with Gasteiger partial charge in [0, 0.05) is 5.56 Å². The third-order valence-electron chi connectivity index (χ3n) is 3.12. The molecule has 0 aliphatic rings. The lowest BCUT2D eigenvalue weighted by atomic mass is 9.97. The molecule has 2 aromatic rings. The van der Waals surface area contributed by atoms with Crippen LogP contribution in [0.2, 0.25) is 5.02 Å². The molecule has 3 nitrogen and oxygen atoms in total. The van der Waals surface area contributed by atoms with E-state index in [4.69, 9.17) is 17.3 Å². The molecule has 0 spiro atoms. The van der Waals surface area contributed by atoms with Crippen molar-refractivity contribution in [2.45, 2.75) is 32.2 Å². The Kier molecular flexibility index (Phi) is 3.92. The number of hydrogen-bond acceptors (Lipinski definition) is 2. The second kappa shape index (κ2) is 5.31. The Bertz CT molecular complexity index is 578. The van der Waals surface area contributed by atoms with Crippen molar-refractivity contribution in [3.05, 3.63) is 41.1 Å². The Morgan fingerprint density at radius 2 is 2.21 bits per heavy atom. The number of hydrogen-bond donors (Lipinski definition) is 2. The zero-order valence-corrected chi connectivity index (χ0v) is 11.8. The monoisotopic (exact) mass is 281 g/mol. The molecule has 1 unspecified atom stereocenters. The third kappa shape index (κ3) is 2.96. The number of rotatable bonds is 4. The van der Waals surface area contributed by atoms with Gasteiger partial charge in [0.15, 0.2) is 0 Å². The summed E-state index contributed by atoms with van der Waals surface area (Å²) >= 11 is 5.78. The van der Waals surface area contributed by atoms with E-state index in [0.717, 1.165) is 29.9 Å². The van der Waals surface area contributed by atoms with Crippen LogP contribution >= 0.6 is 11.6 Å². The standard InChI is InChI=1S/C14H17ClFN3/c1-3-6-14(2,17)13-18-8-12(19-13)9-4-5-11(16)10(15)7-9/h4-5,7-8H,3,6,17H2,1-2H3,(H,18,19). The maximum atomic E-state index is 13.1. The fraction of sp³-hybridized carbons (Fsp3) is 0.357. The number of imidazole rings is 1. The van der Waals surface area contributed by atoms with Crippen LogP contribution < -0.4 is 5.73 Å². The molecule has 1 aromatic heterocycles. The van der Waals surface area contributed by atoms with Crippen LogP contribution in [0.1, 0.15) is 32.5 Å². The largest absolute Gasteiger partial charge is 0.340 e. The molecule has 2 rings (SSSR count). The van der Waals surface area contributed by atoms with Crippen molar-refractivity contribution >= 4 is 11.6 Å². The fourth-order valence-electron chi connectivity index (χ4n) is 2.06. The molecule has 0 amide bonds. The van der Waals surface area contributed by atoms with Gasteiger partial charge < -0.3 is 10.7 Å². The molecule has 0 radical (unpaired) electrons. The van der Waals surface area contributed by atoms with Crippen molar-refractivity contribution in [1.29, 1.82) is 0 Å². The second-order valence-corrected chi connectivity index (χ2v) is 5.35. The first-order valence-electron chi connectivity index (χ1n) is 6.24. The smallest absolute Gasteiger partial charge is 0.141 e. The Balaban J connectivity index is 2.33. The van der Waals surface area contributed by atoms with Gasteiger partial charge in [0.1, 0.15) is 11.6 Å². The lowest BCUT2D eigenvalue weighted by Gasteiger charge is -2.21. The minimum Gasteiger partial charge on any atom is -0.340 e. The van der Waals surface area contributed by atoms with Crippen LogP contribution in [0.15, 0.2) is 24.4 Å². The number of nitrogens with two attached hydrogens (primary N) is 1. The van der Waals surface area contributed by atoms with Crippen LogP contribution in [0.25, 0.3) is 11.3 Å². The van der Waals surface area contributed by atoms with Crippen LogP contribution in [0.5, 0.6) is 0 Å². The number of aromatic amines is 1. The van der Waals surface area contributed by atoms with E-state index in [1.165, 1.54) is 6.07 Å². The first-order chi connectivity index (χ1) is 8.94. The van der Waals surface area contributed by atoms with Gasteiger partial charge in [-0.3, -0.25) is 0 Å². The van der Waals surface area contributed by atoms with Crippen LogP contribution in [0.3, 0.4) is 0 Å². The molecule has 1 heterocycles. The minimum absolute atomic E-state index is 0.0951. The van der Waals surface area contributed by atoms with Gasteiger partial charge in [0.2, 0.25) is 0 Å². The number of nitrogens with zero attached hydrogens (tertiary/aromatic N) is 1. The summed E-state index contributed by atoms with van der Waals surface area (Å²) in [6.45, 7) is 4.02. The highest BCUT2D eigenvalue weighted by molar-refractivity contribution is 6.31. The Labute approximate surface area is 117 Å². The molecule has 1 aromatic carbocycles. The van der Waals surface area contributed by atoms with Gasteiger partial charge in [0.05, 0.1) is 22.5 Å². The molecular formula is C14H17ClFN3. The molecular weight excluding hydrogens is 265 g/mol. The van der Waals surface area contributed by atoms with Crippen molar-refractivity contribution in [2.24, 2.45) is 5.73 Å². The average Bonchev–Trinajstić information content (AvgIpc) is 2.83. The summed E-state index contributed by atoms with van der Waals surface area (Å²) in [5.41, 5.74) is 7.30. The van der Waals surface area contributed by atoms with E-state index in [1.54, 1.807) is 18.3 Å². The summed E-state index contributed by atoms with van der Waals surface area (Å²) in [5, 5.41) is 0.0951. The average molecular weight is 282 g/mol. The Hall–Kier alpha value is -1.39. The van der Waals surface area contributed by atoms with Crippen molar-refractivity contribution in [3.8, 4) is 11.3 Å². The summed E-state index contributed by atoms with van der Waals surface area (Å²) in [6, 6.07) is 4.57. The summed E-state index contributed by atoms with van der Waals surface area (Å²) in [6.07, 6.45) is 3.51. The van der Waals surface area contributed by atoms with Gasteiger partial charge in [-0.2, -0.15) is 0 Å². The van der Waals surface area contributed by atoms with Crippen molar-refractivity contribution in [3.63, 3.8) is 0 Å². The number of H-pyrrole nitrogens is 1. The van der Waals surface area contributed by atoms with E-state index < -0.39 is 11.4 Å². The van der Waals surface area contributed by atoms with Crippen LogP contribution in [-0.4, -0.2) is 9.97 Å². The highest BCUT2D eigenvalue weighted by Crippen LogP contribution is 2.26. The lowest BCUT2D eigenvalue weighted by molar-refractivity contribution is 0.423. The van der Waals surface area contributed by atoms with Gasteiger partial charge in [-0.1, -0.05) is 24.9 Å². The van der Waals surface area contributed by atoms with Gasteiger partial charge in [-0.25, -0.2) is 9.37 Å². The normalized spacial score (nSPS) is 14.4. The van der Waals surface area contributed by atoms with Gasteiger partial charge >= 0.3 is 0 Å². The summed E-state index contributed by atoms with van der Waals surface area (Å²) in [5.74, 6) is 0.296. The molecule has 0 saturated carbocycles.